The molecule has 5 nitrogen and oxygen atoms in total. The molecule has 1 N–H and O–H groups in total. The molecular weight excluding hydrogens is 345 g/mol. The van der Waals surface area contributed by atoms with E-state index in [0.29, 0.717) is 12.3 Å². The second-order valence-corrected chi connectivity index (χ2v) is 6.81. The van der Waals surface area contributed by atoms with Crippen molar-refractivity contribution in [2.75, 3.05) is 38.2 Å². The lowest BCUT2D eigenvalue weighted by Gasteiger charge is -2.36. The number of rotatable bonds is 6. The van der Waals surface area contributed by atoms with Crippen molar-refractivity contribution in [2.45, 2.75) is 20.0 Å². The van der Waals surface area contributed by atoms with Crippen LogP contribution in [0.4, 0.5) is 10.1 Å². The number of ether oxygens (including phenoxy) is 1. The first-order valence-electron chi connectivity index (χ1n) is 9.18. The number of hydrogen-bond donors (Lipinski definition) is 1. The quantitative estimate of drug-likeness (QED) is 0.848. The fourth-order valence-corrected chi connectivity index (χ4v) is 3.31. The minimum absolute atomic E-state index is 0.0188. The zero-order valence-corrected chi connectivity index (χ0v) is 15.9. The summed E-state index contributed by atoms with van der Waals surface area (Å²) in [6.45, 7) is 6.62. The summed E-state index contributed by atoms with van der Waals surface area (Å²) < 4.78 is 18.7. The topological polar surface area (TPSA) is 44.8 Å². The number of nitrogens with zero attached hydrogens (tertiary/aromatic N) is 2. The van der Waals surface area contributed by atoms with Crippen molar-refractivity contribution in [3.8, 4) is 5.75 Å². The van der Waals surface area contributed by atoms with E-state index in [4.69, 9.17) is 4.74 Å². The van der Waals surface area contributed by atoms with Gasteiger partial charge in [0.15, 0.2) is 0 Å². The third-order valence-corrected chi connectivity index (χ3v) is 4.83. The Labute approximate surface area is 159 Å². The first-order chi connectivity index (χ1) is 13.0. The summed E-state index contributed by atoms with van der Waals surface area (Å²) in [4.78, 5) is 15.6. The molecule has 6 heteroatoms. The van der Waals surface area contributed by atoms with Crippen molar-refractivity contribution in [3.63, 3.8) is 0 Å². The number of benzene rings is 2. The molecule has 1 saturated heterocycles. The number of anilines is 1. The molecule has 1 heterocycles. The van der Waals surface area contributed by atoms with Gasteiger partial charge in [0.25, 0.3) is 0 Å². The molecular formula is C21H26FN3O2. The van der Waals surface area contributed by atoms with Crippen LogP contribution in [0.1, 0.15) is 18.1 Å². The van der Waals surface area contributed by atoms with E-state index in [1.165, 1.54) is 24.6 Å². The molecule has 1 amide bonds. The Balaban J connectivity index is 1.53. The van der Waals surface area contributed by atoms with Gasteiger partial charge in [-0.25, -0.2) is 4.39 Å². The fourth-order valence-electron chi connectivity index (χ4n) is 3.31. The van der Waals surface area contributed by atoms with Crippen molar-refractivity contribution in [1.29, 1.82) is 0 Å². The van der Waals surface area contributed by atoms with Gasteiger partial charge < -0.3 is 15.0 Å². The van der Waals surface area contributed by atoms with E-state index >= 15 is 0 Å². The third-order valence-electron chi connectivity index (χ3n) is 4.83. The molecule has 0 bridgehead atoms. The van der Waals surface area contributed by atoms with Gasteiger partial charge in [0.05, 0.1) is 12.8 Å². The maximum atomic E-state index is 13.4. The SMILES string of the molecule is COc1cc(F)ccc1N1CCN(Cc2ccc(CNC(C)=O)cc2)CC1. The fraction of sp³-hybridized carbons (Fsp3) is 0.381. The summed E-state index contributed by atoms with van der Waals surface area (Å²) in [5.41, 5.74) is 3.30. The molecule has 0 radical (unpaired) electrons. The van der Waals surface area contributed by atoms with Gasteiger partial charge in [0, 0.05) is 52.3 Å². The molecule has 1 aliphatic heterocycles. The van der Waals surface area contributed by atoms with Crippen molar-refractivity contribution in [1.82, 2.24) is 10.2 Å². The van der Waals surface area contributed by atoms with Crippen molar-refractivity contribution in [3.05, 3.63) is 59.4 Å². The van der Waals surface area contributed by atoms with Crippen LogP contribution in [0.25, 0.3) is 0 Å². The highest BCUT2D eigenvalue weighted by atomic mass is 19.1. The van der Waals surface area contributed by atoms with Crippen molar-refractivity contribution in [2.24, 2.45) is 0 Å². The minimum Gasteiger partial charge on any atom is -0.494 e. The first kappa shape index (κ1) is 19.2. The Morgan fingerprint density at radius 3 is 2.37 bits per heavy atom. The molecule has 1 fully saturated rings. The maximum Gasteiger partial charge on any atom is 0.217 e. The molecule has 0 aromatic heterocycles. The summed E-state index contributed by atoms with van der Waals surface area (Å²) in [5.74, 6) is 0.282. The van der Waals surface area contributed by atoms with Crippen LogP contribution in [-0.4, -0.2) is 44.1 Å². The van der Waals surface area contributed by atoms with Crippen molar-refractivity contribution < 1.29 is 13.9 Å². The standard InChI is InChI=1S/C21H26FN3O2/c1-16(26)23-14-17-3-5-18(6-4-17)15-24-9-11-25(12-10-24)20-8-7-19(22)13-21(20)27-2/h3-8,13H,9-12,14-15H2,1-2H3,(H,23,26). The van der Waals surface area contributed by atoms with Gasteiger partial charge in [0.2, 0.25) is 5.91 Å². The molecule has 0 unspecified atom stereocenters. The number of carbonyl (C=O) groups excluding carboxylic acids is 1. The Hall–Kier alpha value is -2.60. The van der Waals surface area contributed by atoms with Crippen molar-refractivity contribution >= 4 is 11.6 Å². The lowest BCUT2D eigenvalue weighted by atomic mass is 10.1. The largest absolute Gasteiger partial charge is 0.494 e. The van der Waals surface area contributed by atoms with E-state index in [2.05, 4.69) is 39.4 Å². The highest BCUT2D eigenvalue weighted by Crippen LogP contribution is 2.29. The summed E-state index contributed by atoms with van der Waals surface area (Å²) in [7, 11) is 1.57. The number of carbonyl (C=O) groups is 1. The van der Waals surface area contributed by atoms with Crippen LogP contribution in [0.15, 0.2) is 42.5 Å². The number of nitrogens with one attached hydrogen (secondary N) is 1. The van der Waals surface area contributed by atoms with Crippen LogP contribution < -0.4 is 15.0 Å². The van der Waals surface area contributed by atoms with Gasteiger partial charge in [0.1, 0.15) is 11.6 Å². The van der Waals surface area contributed by atoms with E-state index in [0.717, 1.165) is 44.0 Å². The molecule has 1 aliphatic rings. The van der Waals surface area contributed by atoms with Crippen LogP contribution in [0.5, 0.6) is 5.75 Å². The molecule has 2 aromatic carbocycles. The third kappa shape index (κ3) is 5.20. The Morgan fingerprint density at radius 1 is 1.07 bits per heavy atom. The molecule has 27 heavy (non-hydrogen) atoms. The normalized spacial score (nSPS) is 14.9. The van der Waals surface area contributed by atoms with Gasteiger partial charge in [-0.05, 0) is 23.3 Å². The van der Waals surface area contributed by atoms with E-state index < -0.39 is 0 Å². The number of methoxy groups -OCH3 is 1. The average Bonchev–Trinajstić information content (AvgIpc) is 2.68. The highest BCUT2D eigenvalue weighted by Gasteiger charge is 2.20. The monoisotopic (exact) mass is 371 g/mol. The molecule has 0 spiro atoms. The van der Waals surface area contributed by atoms with Gasteiger partial charge in [-0.3, -0.25) is 9.69 Å². The van der Waals surface area contributed by atoms with Crippen LogP contribution in [0.3, 0.4) is 0 Å². The zero-order valence-electron chi connectivity index (χ0n) is 15.9. The lowest BCUT2D eigenvalue weighted by molar-refractivity contribution is -0.119. The summed E-state index contributed by atoms with van der Waals surface area (Å²) in [5, 5.41) is 2.81. The average molecular weight is 371 g/mol. The summed E-state index contributed by atoms with van der Waals surface area (Å²) in [6.07, 6.45) is 0. The Morgan fingerprint density at radius 2 is 1.74 bits per heavy atom. The molecule has 0 atom stereocenters. The summed E-state index contributed by atoms with van der Waals surface area (Å²) in [6, 6.07) is 13.1. The molecule has 0 aliphatic carbocycles. The van der Waals surface area contributed by atoms with Gasteiger partial charge >= 0.3 is 0 Å². The van der Waals surface area contributed by atoms with E-state index in [-0.39, 0.29) is 11.7 Å². The van der Waals surface area contributed by atoms with Crippen LogP contribution in [-0.2, 0) is 17.9 Å². The van der Waals surface area contributed by atoms with E-state index in [1.807, 2.05) is 0 Å². The first-order valence-corrected chi connectivity index (χ1v) is 9.18. The van der Waals surface area contributed by atoms with Crippen LogP contribution in [0.2, 0.25) is 0 Å². The van der Waals surface area contributed by atoms with Gasteiger partial charge in [-0.15, -0.1) is 0 Å². The number of piperazine rings is 1. The summed E-state index contributed by atoms with van der Waals surface area (Å²) >= 11 is 0. The molecule has 144 valence electrons. The van der Waals surface area contributed by atoms with Gasteiger partial charge in [-0.2, -0.15) is 0 Å². The smallest absolute Gasteiger partial charge is 0.217 e. The predicted octanol–water partition coefficient (Wildman–Crippen LogP) is 2.79. The Kier molecular flexibility index (Phi) is 6.29. The maximum absolute atomic E-state index is 13.4. The molecule has 0 saturated carbocycles. The highest BCUT2D eigenvalue weighted by molar-refractivity contribution is 5.72. The number of hydrogen-bond acceptors (Lipinski definition) is 4. The second-order valence-electron chi connectivity index (χ2n) is 6.81. The van der Waals surface area contributed by atoms with Crippen LogP contribution >= 0.6 is 0 Å². The lowest BCUT2D eigenvalue weighted by Crippen LogP contribution is -2.46. The van der Waals surface area contributed by atoms with Gasteiger partial charge in [-0.1, -0.05) is 24.3 Å². The van der Waals surface area contributed by atoms with E-state index in [1.54, 1.807) is 13.2 Å². The predicted molar refractivity (Wildman–Crippen MR) is 104 cm³/mol. The molecule has 2 aromatic rings. The zero-order chi connectivity index (χ0) is 19.2. The second kappa shape index (κ2) is 8.86. The van der Waals surface area contributed by atoms with Crippen LogP contribution in [0, 0.1) is 5.82 Å². The van der Waals surface area contributed by atoms with E-state index in [9.17, 15) is 9.18 Å². The minimum atomic E-state index is -0.281. The number of amides is 1. The Bertz CT molecular complexity index is 771. The number of halogens is 1. The molecule has 3 rings (SSSR count).